The Hall–Kier alpha value is -0.780. The van der Waals surface area contributed by atoms with Gasteiger partial charge in [0.05, 0.1) is 4.88 Å². The third-order valence-corrected chi connectivity index (χ3v) is 6.23. The molecule has 0 bridgehead atoms. The normalized spacial score (nSPS) is 15.3. The quantitative estimate of drug-likeness (QED) is 0.735. The van der Waals surface area contributed by atoms with Gasteiger partial charge < -0.3 is 5.32 Å². The largest absolute Gasteiger partial charge is 0.321 e. The van der Waals surface area contributed by atoms with Gasteiger partial charge in [-0.3, -0.25) is 4.79 Å². The van der Waals surface area contributed by atoms with Gasteiger partial charge in [0.15, 0.2) is 0 Å². The zero-order valence-electron chi connectivity index (χ0n) is 11.7. The minimum atomic E-state index is 0. The van der Waals surface area contributed by atoms with Crippen LogP contribution in [0.15, 0.2) is 30.3 Å². The predicted molar refractivity (Wildman–Crippen MR) is 95.9 cm³/mol. The first kappa shape index (κ1) is 15.1. The van der Waals surface area contributed by atoms with Crippen molar-refractivity contribution in [2.75, 3.05) is 11.1 Å². The Labute approximate surface area is 141 Å². The molecule has 2 heterocycles. The number of aryl methyl sites for hydroxylation is 1. The molecule has 1 unspecified atom stereocenters. The number of carbonyl (C=O) groups excluding carboxylic acids is 1. The standard InChI is InChI=1S/C16H16BrNOS2/c1-10(17)12-4-2-3-5-13(12)18-16(19)15-8-11-9-20-7-6-14(11)21-15/h2-5,8,10H,6-7,9H2,1H3,(H,18,19). The van der Waals surface area contributed by atoms with Crippen molar-refractivity contribution in [3.63, 3.8) is 0 Å². The number of carbonyl (C=O) groups is 1. The Balaban J connectivity index is 1.82. The fourth-order valence-corrected chi connectivity index (χ4v) is 5.07. The van der Waals surface area contributed by atoms with Crippen molar-refractivity contribution in [1.82, 2.24) is 0 Å². The summed E-state index contributed by atoms with van der Waals surface area (Å²) in [5.41, 5.74) is 3.32. The summed E-state index contributed by atoms with van der Waals surface area (Å²) in [4.78, 5) is 14.9. The van der Waals surface area contributed by atoms with Crippen LogP contribution in [0.1, 0.15) is 37.4 Å². The molecular formula is C16H16BrNOS2. The molecule has 1 amide bonds. The molecule has 0 aliphatic carbocycles. The maximum Gasteiger partial charge on any atom is 0.265 e. The van der Waals surface area contributed by atoms with Gasteiger partial charge in [0.2, 0.25) is 0 Å². The number of benzene rings is 1. The van der Waals surface area contributed by atoms with Gasteiger partial charge in [0, 0.05) is 21.1 Å². The third-order valence-electron chi connectivity index (χ3n) is 3.49. The van der Waals surface area contributed by atoms with E-state index in [9.17, 15) is 4.79 Å². The maximum absolute atomic E-state index is 12.5. The first-order chi connectivity index (χ1) is 10.1. The molecule has 1 aliphatic rings. The van der Waals surface area contributed by atoms with E-state index in [2.05, 4.69) is 34.2 Å². The van der Waals surface area contributed by atoms with Crippen LogP contribution in [0.3, 0.4) is 0 Å². The van der Waals surface area contributed by atoms with Crippen LogP contribution in [-0.4, -0.2) is 11.7 Å². The number of nitrogens with one attached hydrogen (secondary N) is 1. The molecule has 5 heteroatoms. The Bertz CT molecular complexity index is 643. The van der Waals surface area contributed by atoms with Crippen molar-refractivity contribution >= 4 is 50.6 Å². The number of thioether (sulfide) groups is 1. The lowest BCUT2D eigenvalue weighted by atomic mass is 10.1. The Morgan fingerprint density at radius 2 is 2.19 bits per heavy atom. The number of anilines is 1. The van der Waals surface area contributed by atoms with E-state index in [4.69, 9.17) is 0 Å². The molecule has 1 aliphatic heterocycles. The van der Waals surface area contributed by atoms with Crippen LogP contribution < -0.4 is 5.32 Å². The number of hydrogen-bond donors (Lipinski definition) is 1. The molecule has 0 fully saturated rings. The highest BCUT2D eigenvalue weighted by atomic mass is 79.9. The van der Waals surface area contributed by atoms with Gasteiger partial charge in [0.25, 0.3) is 5.91 Å². The monoisotopic (exact) mass is 381 g/mol. The van der Waals surface area contributed by atoms with Crippen molar-refractivity contribution in [2.45, 2.75) is 23.9 Å². The van der Waals surface area contributed by atoms with Gasteiger partial charge in [0.1, 0.15) is 0 Å². The molecule has 21 heavy (non-hydrogen) atoms. The number of rotatable bonds is 3. The van der Waals surface area contributed by atoms with E-state index >= 15 is 0 Å². The van der Waals surface area contributed by atoms with E-state index in [1.807, 2.05) is 36.0 Å². The molecule has 0 radical (unpaired) electrons. The van der Waals surface area contributed by atoms with Crippen LogP contribution in [-0.2, 0) is 12.2 Å². The predicted octanol–water partition coefficient (Wildman–Crippen LogP) is 5.25. The summed E-state index contributed by atoms with van der Waals surface area (Å²) in [6.07, 6.45) is 1.09. The first-order valence-electron chi connectivity index (χ1n) is 6.89. The van der Waals surface area contributed by atoms with Gasteiger partial charge in [-0.1, -0.05) is 34.1 Å². The van der Waals surface area contributed by atoms with Gasteiger partial charge in [-0.2, -0.15) is 11.8 Å². The van der Waals surface area contributed by atoms with E-state index < -0.39 is 0 Å². The van der Waals surface area contributed by atoms with Crippen molar-refractivity contribution in [3.05, 3.63) is 51.2 Å². The van der Waals surface area contributed by atoms with Crippen molar-refractivity contribution in [1.29, 1.82) is 0 Å². The van der Waals surface area contributed by atoms with Crippen LogP contribution in [0.5, 0.6) is 0 Å². The zero-order chi connectivity index (χ0) is 14.8. The van der Waals surface area contributed by atoms with E-state index in [-0.39, 0.29) is 10.7 Å². The molecule has 0 saturated carbocycles. The zero-order valence-corrected chi connectivity index (χ0v) is 14.9. The summed E-state index contributed by atoms with van der Waals surface area (Å²) < 4.78 is 0. The van der Waals surface area contributed by atoms with Crippen LogP contribution in [0.2, 0.25) is 0 Å². The molecule has 2 aromatic rings. The van der Waals surface area contributed by atoms with E-state index in [1.54, 1.807) is 11.3 Å². The van der Waals surface area contributed by atoms with Gasteiger partial charge in [-0.05, 0) is 42.4 Å². The molecule has 1 aromatic carbocycles. The minimum absolute atomic E-state index is 0. The summed E-state index contributed by atoms with van der Waals surface area (Å²) in [6.45, 7) is 2.06. The fourth-order valence-electron chi connectivity index (χ4n) is 2.40. The molecule has 3 rings (SSSR count). The average molecular weight is 382 g/mol. The second-order valence-corrected chi connectivity index (χ2v) is 8.63. The van der Waals surface area contributed by atoms with Crippen LogP contribution in [0, 0.1) is 0 Å². The topological polar surface area (TPSA) is 29.1 Å². The first-order valence-corrected chi connectivity index (χ1v) is 9.77. The van der Waals surface area contributed by atoms with Crippen molar-refractivity contribution in [3.8, 4) is 0 Å². The van der Waals surface area contributed by atoms with Gasteiger partial charge in [-0.15, -0.1) is 11.3 Å². The second kappa shape index (κ2) is 6.55. The number of para-hydroxylation sites is 1. The number of amides is 1. The van der Waals surface area contributed by atoms with E-state index in [1.165, 1.54) is 16.2 Å². The summed E-state index contributed by atoms with van der Waals surface area (Å²) >= 11 is 7.16. The molecule has 0 spiro atoms. The summed E-state index contributed by atoms with van der Waals surface area (Å²) in [7, 11) is 0. The lowest BCUT2D eigenvalue weighted by molar-refractivity contribution is 0.103. The summed E-state index contributed by atoms with van der Waals surface area (Å²) in [5, 5.41) is 3.05. The van der Waals surface area contributed by atoms with Crippen LogP contribution in [0.25, 0.3) is 0 Å². The van der Waals surface area contributed by atoms with Crippen LogP contribution in [0.4, 0.5) is 5.69 Å². The van der Waals surface area contributed by atoms with Crippen molar-refractivity contribution in [2.24, 2.45) is 0 Å². The minimum Gasteiger partial charge on any atom is -0.321 e. The molecule has 1 aromatic heterocycles. The van der Waals surface area contributed by atoms with Gasteiger partial charge >= 0.3 is 0 Å². The Morgan fingerprint density at radius 1 is 1.38 bits per heavy atom. The molecule has 1 atom stereocenters. The lowest BCUT2D eigenvalue weighted by Gasteiger charge is -2.12. The Kier molecular flexibility index (Phi) is 4.72. The highest BCUT2D eigenvalue weighted by molar-refractivity contribution is 9.09. The summed E-state index contributed by atoms with van der Waals surface area (Å²) in [5.74, 6) is 2.20. The molecule has 0 saturated heterocycles. The smallest absolute Gasteiger partial charge is 0.265 e. The van der Waals surface area contributed by atoms with Gasteiger partial charge in [-0.25, -0.2) is 0 Å². The van der Waals surface area contributed by atoms with E-state index in [0.29, 0.717) is 0 Å². The molecular weight excluding hydrogens is 366 g/mol. The second-order valence-electron chi connectivity index (χ2n) is 5.02. The maximum atomic E-state index is 12.5. The summed E-state index contributed by atoms with van der Waals surface area (Å²) in [6, 6.07) is 9.98. The van der Waals surface area contributed by atoms with E-state index in [0.717, 1.165) is 28.3 Å². The van der Waals surface area contributed by atoms with Crippen molar-refractivity contribution < 1.29 is 4.79 Å². The molecule has 110 valence electrons. The lowest BCUT2D eigenvalue weighted by Crippen LogP contribution is -2.11. The number of thiophene rings is 1. The van der Waals surface area contributed by atoms with Crippen LogP contribution >= 0.6 is 39.0 Å². The third kappa shape index (κ3) is 3.35. The number of hydrogen-bond acceptors (Lipinski definition) is 3. The Morgan fingerprint density at radius 3 is 2.95 bits per heavy atom. The SMILES string of the molecule is CC(Br)c1ccccc1NC(=O)c1cc2c(s1)CCSC2. The highest BCUT2D eigenvalue weighted by Gasteiger charge is 2.18. The molecule has 1 N–H and O–H groups in total. The number of fused-ring (bicyclic) bond motifs is 1. The molecule has 2 nitrogen and oxygen atoms in total. The fraction of sp³-hybridized carbons (Fsp3) is 0.312. The number of alkyl halides is 1. The highest BCUT2D eigenvalue weighted by Crippen LogP contribution is 2.33. The number of halogens is 1. The average Bonchev–Trinajstić information content (AvgIpc) is 2.91.